The van der Waals surface area contributed by atoms with Crippen molar-refractivity contribution in [3.8, 4) is 0 Å². The summed E-state index contributed by atoms with van der Waals surface area (Å²) in [6.45, 7) is 0.223. The first-order valence-electron chi connectivity index (χ1n) is 6.01. The number of ketones is 1. The summed E-state index contributed by atoms with van der Waals surface area (Å²) in [5, 5.41) is 10.8. The molecule has 2 aromatic carbocycles. The average Bonchev–Trinajstić information content (AvgIpc) is 2.45. The molecule has 0 amide bonds. The molecule has 2 aliphatic rings. The van der Waals surface area contributed by atoms with E-state index < -0.39 is 5.79 Å². The number of benzene rings is 2. The molecule has 4 heteroatoms. The Labute approximate surface area is 109 Å². The fourth-order valence-corrected chi connectivity index (χ4v) is 2.83. The van der Waals surface area contributed by atoms with Crippen LogP contribution in [-0.4, -0.2) is 10.9 Å². The maximum atomic E-state index is 12.5. The molecule has 1 atom stereocenters. The van der Waals surface area contributed by atoms with E-state index in [1.807, 2.05) is 6.07 Å². The van der Waals surface area contributed by atoms with Crippen LogP contribution in [0.15, 0.2) is 42.5 Å². The highest BCUT2D eigenvalue weighted by molar-refractivity contribution is 6.13. The maximum absolute atomic E-state index is 12.5. The molecule has 0 spiro atoms. The van der Waals surface area contributed by atoms with Gasteiger partial charge in [-0.25, -0.2) is 4.89 Å². The summed E-state index contributed by atoms with van der Waals surface area (Å²) >= 11 is 0. The molecule has 1 aliphatic carbocycles. The molecule has 0 bridgehead atoms. The molecule has 1 N–H and O–H groups in total. The van der Waals surface area contributed by atoms with Crippen molar-refractivity contribution in [3.05, 3.63) is 70.3 Å². The molecule has 1 aliphatic heterocycles. The lowest BCUT2D eigenvalue weighted by Crippen LogP contribution is -2.41. The minimum atomic E-state index is -1.70. The normalized spacial score (nSPS) is 23.7. The van der Waals surface area contributed by atoms with Crippen LogP contribution >= 0.6 is 0 Å². The van der Waals surface area contributed by atoms with Crippen molar-refractivity contribution < 1.29 is 19.7 Å². The Balaban J connectivity index is 2.13. The predicted octanol–water partition coefficient (Wildman–Crippen LogP) is 1.89. The Kier molecular flexibility index (Phi) is 2.01. The molecule has 2 aromatic rings. The molecule has 0 aromatic heterocycles. The highest BCUT2D eigenvalue weighted by Gasteiger charge is 2.48. The molecule has 4 rings (SSSR count). The number of aliphatic hydroxyl groups is 1. The average molecular weight is 254 g/mol. The first-order chi connectivity index (χ1) is 9.22. The standard InChI is InChI=1S/C15H10O4/c16-14-10-5-1-2-7-12(10)15(17)13-9(8-18-19-15)4-3-6-11(13)14/h1-7,17H,8H2. The van der Waals surface area contributed by atoms with E-state index in [0.29, 0.717) is 22.3 Å². The largest absolute Gasteiger partial charge is 0.356 e. The monoisotopic (exact) mass is 254 g/mol. The molecule has 0 saturated heterocycles. The second kappa shape index (κ2) is 3.51. The van der Waals surface area contributed by atoms with E-state index in [0.717, 1.165) is 5.56 Å². The van der Waals surface area contributed by atoms with Gasteiger partial charge in [-0.05, 0) is 5.56 Å². The number of hydrogen-bond donors (Lipinski definition) is 1. The molecule has 0 radical (unpaired) electrons. The van der Waals surface area contributed by atoms with E-state index in [4.69, 9.17) is 9.78 Å². The highest BCUT2D eigenvalue weighted by atomic mass is 17.2. The van der Waals surface area contributed by atoms with Crippen LogP contribution in [0.2, 0.25) is 0 Å². The van der Waals surface area contributed by atoms with E-state index in [1.165, 1.54) is 0 Å². The van der Waals surface area contributed by atoms with E-state index in [1.54, 1.807) is 36.4 Å². The topological polar surface area (TPSA) is 55.8 Å². The number of rotatable bonds is 0. The third kappa shape index (κ3) is 1.25. The van der Waals surface area contributed by atoms with Crippen LogP contribution in [0.25, 0.3) is 0 Å². The second-order valence-electron chi connectivity index (χ2n) is 4.70. The lowest BCUT2D eigenvalue weighted by Gasteiger charge is -2.38. The lowest BCUT2D eigenvalue weighted by atomic mass is 9.78. The molecule has 94 valence electrons. The van der Waals surface area contributed by atoms with E-state index >= 15 is 0 Å². The van der Waals surface area contributed by atoms with Crippen LogP contribution in [0.4, 0.5) is 0 Å². The molecule has 1 heterocycles. The van der Waals surface area contributed by atoms with E-state index in [2.05, 4.69) is 0 Å². The first kappa shape index (κ1) is 10.9. The summed E-state index contributed by atoms with van der Waals surface area (Å²) in [6, 6.07) is 12.2. The predicted molar refractivity (Wildman–Crippen MR) is 65.2 cm³/mol. The van der Waals surface area contributed by atoms with Crippen molar-refractivity contribution in [2.45, 2.75) is 12.4 Å². The third-order valence-electron chi connectivity index (χ3n) is 3.66. The molecule has 0 saturated carbocycles. The summed E-state index contributed by atoms with van der Waals surface area (Å²) in [5.41, 5.74) is 2.63. The fourth-order valence-electron chi connectivity index (χ4n) is 2.83. The smallest absolute Gasteiger partial charge is 0.253 e. The second-order valence-corrected chi connectivity index (χ2v) is 4.70. The molecular weight excluding hydrogens is 244 g/mol. The van der Waals surface area contributed by atoms with Crippen molar-refractivity contribution in [2.75, 3.05) is 0 Å². The number of hydrogen-bond acceptors (Lipinski definition) is 4. The Hall–Kier alpha value is -2.01. The summed E-state index contributed by atoms with van der Waals surface area (Å²) in [7, 11) is 0. The summed E-state index contributed by atoms with van der Waals surface area (Å²) < 4.78 is 0. The molecule has 4 nitrogen and oxygen atoms in total. The van der Waals surface area contributed by atoms with Gasteiger partial charge in [-0.3, -0.25) is 4.79 Å². The highest BCUT2D eigenvalue weighted by Crippen LogP contribution is 2.44. The zero-order valence-corrected chi connectivity index (χ0v) is 9.92. The van der Waals surface area contributed by atoms with Gasteiger partial charge < -0.3 is 5.11 Å². The summed E-state index contributed by atoms with van der Waals surface area (Å²) in [4.78, 5) is 22.7. The van der Waals surface area contributed by atoms with E-state index in [-0.39, 0.29) is 12.4 Å². The van der Waals surface area contributed by atoms with Crippen LogP contribution in [0.1, 0.15) is 32.6 Å². The molecule has 19 heavy (non-hydrogen) atoms. The van der Waals surface area contributed by atoms with Crippen molar-refractivity contribution in [1.29, 1.82) is 0 Å². The van der Waals surface area contributed by atoms with Crippen LogP contribution in [0, 0.1) is 0 Å². The number of carbonyl (C=O) groups is 1. The third-order valence-corrected chi connectivity index (χ3v) is 3.66. The minimum absolute atomic E-state index is 0.0948. The quantitative estimate of drug-likeness (QED) is 0.729. The SMILES string of the molecule is O=C1c2ccccc2C2(O)OOCc3cccc1c32. The fraction of sp³-hybridized carbons (Fsp3) is 0.133. The van der Waals surface area contributed by atoms with Crippen LogP contribution < -0.4 is 0 Å². The number of carbonyl (C=O) groups excluding carboxylic acids is 1. The summed E-state index contributed by atoms with van der Waals surface area (Å²) in [5.74, 6) is -1.79. The lowest BCUT2D eigenvalue weighted by molar-refractivity contribution is -0.429. The molecular formula is C15H10O4. The molecule has 0 fully saturated rings. The first-order valence-corrected chi connectivity index (χ1v) is 6.01. The van der Waals surface area contributed by atoms with Crippen LogP contribution in [-0.2, 0) is 22.2 Å². The summed E-state index contributed by atoms with van der Waals surface area (Å²) in [6.07, 6.45) is 0. The van der Waals surface area contributed by atoms with Gasteiger partial charge >= 0.3 is 0 Å². The van der Waals surface area contributed by atoms with Gasteiger partial charge in [-0.2, -0.15) is 4.89 Å². The van der Waals surface area contributed by atoms with Gasteiger partial charge in [0.25, 0.3) is 5.79 Å². The maximum Gasteiger partial charge on any atom is 0.253 e. The van der Waals surface area contributed by atoms with Crippen molar-refractivity contribution in [2.24, 2.45) is 0 Å². The van der Waals surface area contributed by atoms with Gasteiger partial charge in [0, 0.05) is 22.3 Å². The number of fused-ring (bicyclic) bond motifs is 2. The zero-order valence-electron chi connectivity index (χ0n) is 9.92. The van der Waals surface area contributed by atoms with Crippen molar-refractivity contribution in [3.63, 3.8) is 0 Å². The van der Waals surface area contributed by atoms with Crippen LogP contribution in [0.5, 0.6) is 0 Å². The van der Waals surface area contributed by atoms with Crippen LogP contribution in [0.3, 0.4) is 0 Å². The Bertz CT molecular complexity index is 707. The Morgan fingerprint density at radius 3 is 2.74 bits per heavy atom. The molecule has 1 unspecified atom stereocenters. The van der Waals surface area contributed by atoms with Crippen molar-refractivity contribution >= 4 is 5.78 Å². The van der Waals surface area contributed by atoms with Gasteiger partial charge in [-0.1, -0.05) is 42.5 Å². The van der Waals surface area contributed by atoms with Gasteiger partial charge in [0.1, 0.15) is 6.61 Å². The zero-order chi connectivity index (χ0) is 13.0. The van der Waals surface area contributed by atoms with Crippen molar-refractivity contribution in [1.82, 2.24) is 0 Å². The van der Waals surface area contributed by atoms with Gasteiger partial charge in [0.2, 0.25) is 0 Å². The minimum Gasteiger partial charge on any atom is -0.356 e. The van der Waals surface area contributed by atoms with Gasteiger partial charge in [0.05, 0.1) is 0 Å². The van der Waals surface area contributed by atoms with Gasteiger partial charge in [-0.15, -0.1) is 0 Å². The van der Waals surface area contributed by atoms with Gasteiger partial charge in [0.15, 0.2) is 5.78 Å². The van der Waals surface area contributed by atoms with E-state index in [9.17, 15) is 9.90 Å². The Morgan fingerprint density at radius 1 is 1.05 bits per heavy atom. The Morgan fingerprint density at radius 2 is 1.84 bits per heavy atom.